The van der Waals surface area contributed by atoms with E-state index in [-0.39, 0.29) is 0 Å². The van der Waals surface area contributed by atoms with E-state index in [1.54, 1.807) is 21.3 Å². The highest BCUT2D eigenvalue weighted by Crippen LogP contribution is 2.39. The van der Waals surface area contributed by atoms with Crippen LogP contribution in [-0.4, -0.2) is 21.3 Å². The normalized spacial score (nSPS) is 10.7. The predicted octanol–water partition coefficient (Wildman–Crippen LogP) is 4.76. The van der Waals surface area contributed by atoms with Crippen molar-refractivity contribution in [3.05, 3.63) is 65.2 Å². The summed E-state index contributed by atoms with van der Waals surface area (Å²) in [5.41, 5.74) is 3.73. The van der Waals surface area contributed by atoms with Gasteiger partial charge in [-0.2, -0.15) is 0 Å². The Morgan fingerprint density at radius 1 is 0.792 bits per heavy atom. The minimum atomic E-state index is 0.624. The highest BCUT2D eigenvalue weighted by Gasteiger charge is 2.14. The topological polar surface area (TPSA) is 27.7 Å². The third-order valence-electron chi connectivity index (χ3n) is 4.43. The molecule has 0 spiro atoms. The smallest absolute Gasteiger partial charge is 0.203 e. The summed E-state index contributed by atoms with van der Waals surface area (Å²) in [5.74, 6) is 1.99. The maximum absolute atomic E-state index is 5.45. The predicted molar refractivity (Wildman–Crippen MR) is 97.6 cm³/mol. The Hall–Kier alpha value is -2.68. The molecule has 0 aliphatic carbocycles. The molecule has 0 N–H and O–H groups in total. The average Bonchev–Trinajstić information content (AvgIpc) is 2.63. The standard InChI is InChI=1S/C21H22O3/c1-14-17(10-9-16-7-5-6-8-18(14)16)11-15-12-19(22-2)21(24-4)20(13-15)23-3/h5-10,12-13H,11H2,1-4H3. The van der Waals surface area contributed by atoms with Crippen LogP contribution in [0.4, 0.5) is 0 Å². The molecule has 0 unspecified atom stereocenters. The Morgan fingerprint density at radius 2 is 1.46 bits per heavy atom. The largest absolute Gasteiger partial charge is 0.493 e. The zero-order valence-electron chi connectivity index (χ0n) is 14.6. The van der Waals surface area contributed by atoms with Crippen molar-refractivity contribution in [2.24, 2.45) is 0 Å². The Morgan fingerprint density at radius 3 is 2.08 bits per heavy atom. The molecule has 0 atom stereocenters. The molecule has 0 heterocycles. The number of hydrogen-bond acceptors (Lipinski definition) is 3. The van der Waals surface area contributed by atoms with Crippen molar-refractivity contribution in [1.29, 1.82) is 0 Å². The van der Waals surface area contributed by atoms with E-state index in [0.29, 0.717) is 17.2 Å². The van der Waals surface area contributed by atoms with Gasteiger partial charge in [-0.05, 0) is 52.9 Å². The molecular formula is C21H22O3. The molecule has 3 heteroatoms. The molecular weight excluding hydrogens is 300 g/mol. The van der Waals surface area contributed by atoms with Crippen molar-refractivity contribution < 1.29 is 14.2 Å². The average molecular weight is 322 g/mol. The van der Waals surface area contributed by atoms with Gasteiger partial charge in [0.1, 0.15) is 0 Å². The van der Waals surface area contributed by atoms with Gasteiger partial charge < -0.3 is 14.2 Å². The molecule has 124 valence electrons. The number of ether oxygens (including phenoxy) is 3. The first-order chi connectivity index (χ1) is 11.7. The SMILES string of the molecule is COc1cc(Cc2ccc3ccccc3c2C)cc(OC)c1OC. The third-order valence-corrected chi connectivity index (χ3v) is 4.43. The monoisotopic (exact) mass is 322 g/mol. The second-order valence-electron chi connectivity index (χ2n) is 5.78. The summed E-state index contributed by atoms with van der Waals surface area (Å²) in [6, 6.07) is 16.9. The maximum atomic E-state index is 5.45. The lowest BCUT2D eigenvalue weighted by Crippen LogP contribution is -1.99. The maximum Gasteiger partial charge on any atom is 0.203 e. The van der Waals surface area contributed by atoms with Crippen LogP contribution in [0, 0.1) is 6.92 Å². The Labute approximate surface area is 142 Å². The summed E-state index contributed by atoms with van der Waals surface area (Å²) in [7, 11) is 4.90. The lowest BCUT2D eigenvalue weighted by Gasteiger charge is -2.15. The molecule has 3 rings (SSSR count). The molecule has 3 nitrogen and oxygen atoms in total. The molecule has 0 radical (unpaired) electrons. The van der Waals surface area contributed by atoms with E-state index in [1.165, 1.54) is 21.9 Å². The van der Waals surface area contributed by atoms with Crippen molar-refractivity contribution in [1.82, 2.24) is 0 Å². The van der Waals surface area contributed by atoms with Gasteiger partial charge >= 0.3 is 0 Å². The molecule has 3 aromatic rings. The summed E-state index contributed by atoms with van der Waals surface area (Å²) in [5, 5.41) is 2.56. The lowest BCUT2D eigenvalue weighted by molar-refractivity contribution is 0.324. The van der Waals surface area contributed by atoms with Gasteiger partial charge in [-0.1, -0.05) is 36.4 Å². The van der Waals surface area contributed by atoms with E-state index in [2.05, 4.69) is 43.3 Å². The minimum absolute atomic E-state index is 0.624. The number of fused-ring (bicyclic) bond motifs is 1. The van der Waals surface area contributed by atoms with Crippen LogP contribution in [0.1, 0.15) is 16.7 Å². The van der Waals surface area contributed by atoms with E-state index in [9.17, 15) is 0 Å². The van der Waals surface area contributed by atoms with Crippen LogP contribution in [0.3, 0.4) is 0 Å². The molecule has 0 aromatic heterocycles. The minimum Gasteiger partial charge on any atom is -0.493 e. The van der Waals surface area contributed by atoms with Gasteiger partial charge in [-0.25, -0.2) is 0 Å². The van der Waals surface area contributed by atoms with Crippen molar-refractivity contribution in [2.75, 3.05) is 21.3 Å². The quantitative estimate of drug-likeness (QED) is 0.677. The van der Waals surface area contributed by atoms with Gasteiger partial charge in [0.05, 0.1) is 21.3 Å². The van der Waals surface area contributed by atoms with Gasteiger partial charge in [0, 0.05) is 0 Å². The van der Waals surface area contributed by atoms with E-state index in [1.807, 2.05) is 12.1 Å². The van der Waals surface area contributed by atoms with Crippen LogP contribution in [0.2, 0.25) is 0 Å². The van der Waals surface area contributed by atoms with E-state index in [4.69, 9.17) is 14.2 Å². The first-order valence-electron chi connectivity index (χ1n) is 7.94. The zero-order chi connectivity index (χ0) is 17.1. The van der Waals surface area contributed by atoms with Crippen LogP contribution in [0.5, 0.6) is 17.2 Å². The molecule has 0 aliphatic heterocycles. The highest BCUT2D eigenvalue weighted by atomic mass is 16.5. The summed E-state index contributed by atoms with van der Waals surface area (Å²) >= 11 is 0. The van der Waals surface area contributed by atoms with Gasteiger partial charge in [0.15, 0.2) is 11.5 Å². The molecule has 0 saturated carbocycles. The fraction of sp³-hybridized carbons (Fsp3) is 0.238. The summed E-state index contributed by atoms with van der Waals surface area (Å²) in [4.78, 5) is 0. The number of methoxy groups -OCH3 is 3. The first kappa shape index (κ1) is 16.2. The number of benzene rings is 3. The molecule has 0 bridgehead atoms. The third kappa shape index (κ3) is 2.90. The van der Waals surface area contributed by atoms with Gasteiger partial charge in [0.25, 0.3) is 0 Å². The fourth-order valence-electron chi connectivity index (χ4n) is 3.12. The Balaban J connectivity index is 2.04. The molecule has 0 saturated heterocycles. The van der Waals surface area contributed by atoms with Crippen molar-refractivity contribution >= 4 is 10.8 Å². The summed E-state index contributed by atoms with van der Waals surface area (Å²) < 4.78 is 16.3. The van der Waals surface area contributed by atoms with Gasteiger partial charge in [-0.3, -0.25) is 0 Å². The number of hydrogen-bond donors (Lipinski definition) is 0. The zero-order valence-corrected chi connectivity index (χ0v) is 14.6. The second kappa shape index (κ2) is 6.83. The molecule has 0 amide bonds. The van der Waals surface area contributed by atoms with Crippen LogP contribution >= 0.6 is 0 Å². The van der Waals surface area contributed by atoms with Gasteiger partial charge in [-0.15, -0.1) is 0 Å². The molecule has 0 fully saturated rings. The van der Waals surface area contributed by atoms with E-state index >= 15 is 0 Å². The molecule has 0 aliphatic rings. The first-order valence-corrected chi connectivity index (χ1v) is 7.94. The van der Waals surface area contributed by atoms with Crippen LogP contribution in [0.15, 0.2) is 48.5 Å². The van der Waals surface area contributed by atoms with E-state index in [0.717, 1.165) is 12.0 Å². The Bertz CT molecular complexity index is 843. The van der Waals surface area contributed by atoms with Crippen LogP contribution in [-0.2, 0) is 6.42 Å². The fourth-order valence-corrected chi connectivity index (χ4v) is 3.12. The van der Waals surface area contributed by atoms with Gasteiger partial charge in [0.2, 0.25) is 5.75 Å². The second-order valence-corrected chi connectivity index (χ2v) is 5.78. The molecule has 24 heavy (non-hydrogen) atoms. The summed E-state index contributed by atoms with van der Waals surface area (Å²) in [6.07, 6.45) is 0.813. The lowest BCUT2D eigenvalue weighted by atomic mass is 9.95. The van der Waals surface area contributed by atoms with Crippen LogP contribution < -0.4 is 14.2 Å². The van der Waals surface area contributed by atoms with Crippen molar-refractivity contribution in [3.8, 4) is 17.2 Å². The number of aryl methyl sites for hydroxylation is 1. The summed E-state index contributed by atoms with van der Waals surface area (Å²) in [6.45, 7) is 2.18. The van der Waals surface area contributed by atoms with E-state index < -0.39 is 0 Å². The van der Waals surface area contributed by atoms with Crippen molar-refractivity contribution in [2.45, 2.75) is 13.3 Å². The Kier molecular flexibility index (Phi) is 4.61. The highest BCUT2D eigenvalue weighted by molar-refractivity contribution is 5.86. The molecule has 3 aromatic carbocycles. The van der Waals surface area contributed by atoms with Crippen molar-refractivity contribution in [3.63, 3.8) is 0 Å². The number of rotatable bonds is 5. The van der Waals surface area contributed by atoms with Crippen LogP contribution in [0.25, 0.3) is 10.8 Å².